The van der Waals surface area contributed by atoms with Crippen LogP contribution in [0.1, 0.15) is 62.6 Å². The fraction of sp³-hybridized carbons (Fsp3) is 0.536. The lowest BCUT2D eigenvalue weighted by atomic mass is 9.67. The van der Waals surface area contributed by atoms with Crippen molar-refractivity contribution in [3.63, 3.8) is 0 Å². The average Bonchev–Trinajstić information content (AvgIpc) is 3.27. The van der Waals surface area contributed by atoms with Crippen LogP contribution in [0.25, 0.3) is 0 Å². The fourth-order valence-electron chi connectivity index (χ4n) is 6.27. The summed E-state index contributed by atoms with van der Waals surface area (Å²) >= 11 is 0. The first-order valence-corrected chi connectivity index (χ1v) is 12.1. The molecular formula is C28H34N2O2. The minimum absolute atomic E-state index is 0.0408. The third kappa shape index (κ3) is 4.17. The molecule has 4 heteroatoms. The van der Waals surface area contributed by atoms with E-state index in [-0.39, 0.29) is 16.6 Å². The molecule has 1 spiro atoms. The van der Waals surface area contributed by atoms with Gasteiger partial charge in [0.15, 0.2) is 0 Å². The molecule has 2 atom stereocenters. The highest BCUT2D eigenvalue weighted by Crippen LogP contribution is 2.49. The predicted octanol–water partition coefficient (Wildman–Crippen LogP) is 4.82. The molecule has 1 aliphatic carbocycles. The Morgan fingerprint density at radius 2 is 1.91 bits per heavy atom. The van der Waals surface area contributed by atoms with Crippen LogP contribution >= 0.6 is 0 Å². The number of benzene rings is 1. The highest BCUT2D eigenvalue weighted by atomic mass is 16.5. The van der Waals surface area contributed by atoms with Crippen LogP contribution in [0, 0.1) is 12.3 Å². The number of terminal acetylenes is 1. The summed E-state index contributed by atoms with van der Waals surface area (Å²) in [6.45, 7) is 2.32. The lowest BCUT2D eigenvalue weighted by Gasteiger charge is -2.47. The second-order valence-electron chi connectivity index (χ2n) is 10.1. The van der Waals surface area contributed by atoms with E-state index in [4.69, 9.17) is 20.9 Å². The summed E-state index contributed by atoms with van der Waals surface area (Å²) in [6.07, 6.45) is 17.3. The lowest BCUT2D eigenvalue weighted by Crippen LogP contribution is -2.55. The molecule has 2 aliphatic heterocycles. The number of hydrogen-bond acceptors (Lipinski definition) is 4. The summed E-state index contributed by atoms with van der Waals surface area (Å²) in [5.41, 5.74) is 2.32. The van der Waals surface area contributed by atoms with E-state index in [9.17, 15) is 0 Å². The van der Waals surface area contributed by atoms with E-state index in [1.165, 1.54) is 36.9 Å². The molecule has 1 N–H and O–H groups in total. The smallest absolute Gasteiger partial charge is 0.122 e. The van der Waals surface area contributed by atoms with Gasteiger partial charge >= 0.3 is 0 Å². The molecule has 1 aromatic heterocycles. The molecule has 1 saturated carbocycles. The number of hydrogen-bond donors (Lipinski definition) is 1. The van der Waals surface area contributed by atoms with Crippen molar-refractivity contribution >= 4 is 0 Å². The Labute approximate surface area is 192 Å². The number of fused-ring (bicyclic) bond motifs is 1. The molecule has 0 radical (unpaired) electrons. The van der Waals surface area contributed by atoms with Crippen LogP contribution in [-0.4, -0.2) is 35.9 Å². The van der Waals surface area contributed by atoms with Crippen LogP contribution in [0.3, 0.4) is 0 Å². The number of rotatable bonds is 6. The molecule has 168 valence electrons. The predicted molar refractivity (Wildman–Crippen MR) is 127 cm³/mol. The number of ether oxygens (including phenoxy) is 2. The number of aromatic nitrogens is 1. The van der Waals surface area contributed by atoms with Gasteiger partial charge in [-0.3, -0.25) is 4.98 Å². The van der Waals surface area contributed by atoms with Crippen LogP contribution in [0.15, 0.2) is 48.7 Å². The molecule has 32 heavy (non-hydrogen) atoms. The van der Waals surface area contributed by atoms with E-state index in [2.05, 4.69) is 35.5 Å². The molecule has 4 nitrogen and oxygen atoms in total. The van der Waals surface area contributed by atoms with Crippen molar-refractivity contribution in [2.24, 2.45) is 0 Å². The van der Waals surface area contributed by atoms with Gasteiger partial charge in [0, 0.05) is 30.3 Å². The molecule has 2 unspecified atom stereocenters. The number of nitrogens with zero attached hydrogens (tertiary/aromatic N) is 1. The monoisotopic (exact) mass is 430 g/mol. The van der Waals surface area contributed by atoms with Crippen LogP contribution < -0.4 is 10.1 Å². The van der Waals surface area contributed by atoms with Crippen molar-refractivity contribution in [3.05, 3.63) is 59.9 Å². The fourth-order valence-corrected chi connectivity index (χ4v) is 6.27. The molecule has 5 rings (SSSR count). The Hall–Kier alpha value is -2.35. The van der Waals surface area contributed by atoms with Gasteiger partial charge in [-0.2, -0.15) is 0 Å². The summed E-state index contributed by atoms with van der Waals surface area (Å²) in [5, 5.41) is 3.86. The maximum absolute atomic E-state index is 6.40. The Kier molecular flexibility index (Phi) is 5.97. The van der Waals surface area contributed by atoms with Gasteiger partial charge in [0.2, 0.25) is 0 Å². The number of para-hydroxylation sites is 1. The maximum atomic E-state index is 6.40. The number of pyridine rings is 1. The first kappa shape index (κ1) is 21.5. The zero-order valence-electron chi connectivity index (χ0n) is 18.9. The van der Waals surface area contributed by atoms with Gasteiger partial charge in [-0.15, -0.1) is 12.3 Å². The minimum Gasteiger partial charge on any atom is -0.491 e. The molecular weight excluding hydrogens is 396 g/mol. The Morgan fingerprint density at radius 3 is 2.72 bits per heavy atom. The van der Waals surface area contributed by atoms with Crippen molar-refractivity contribution in [3.8, 4) is 18.1 Å². The molecule has 1 saturated heterocycles. The van der Waals surface area contributed by atoms with E-state index in [0.29, 0.717) is 13.0 Å². The van der Waals surface area contributed by atoms with Crippen LogP contribution in [0.5, 0.6) is 5.75 Å². The highest BCUT2D eigenvalue weighted by Gasteiger charge is 2.48. The van der Waals surface area contributed by atoms with Gasteiger partial charge in [0.25, 0.3) is 0 Å². The highest BCUT2D eigenvalue weighted by molar-refractivity contribution is 5.37. The average molecular weight is 431 g/mol. The first-order valence-electron chi connectivity index (χ1n) is 12.1. The van der Waals surface area contributed by atoms with E-state index in [1.807, 2.05) is 24.4 Å². The molecule has 1 aromatic carbocycles. The summed E-state index contributed by atoms with van der Waals surface area (Å²) in [7, 11) is 0. The van der Waals surface area contributed by atoms with E-state index >= 15 is 0 Å². The van der Waals surface area contributed by atoms with Crippen molar-refractivity contribution in [2.45, 2.75) is 74.3 Å². The van der Waals surface area contributed by atoms with Gasteiger partial charge in [-0.1, -0.05) is 37.1 Å². The maximum Gasteiger partial charge on any atom is 0.122 e. The Bertz CT molecular complexity index is 963. The summed E-state index contributed by atoms with van der Waals surface area (Å²) in [5.74, 6) is 3.89. The normalized spacial score (nSPS) is 28.6. The molecule has 3 aliphatic rings. The molecule has 2 aromatic rings. The van der Waals surface area contributed by atoms with Gasteiger partial charge in [0.1, 0.15) is 12.4 Å². The molecule has 0 bridgehead atoms. The third-order valence-electron chi connectivity index (χ3n) is 7.92. The summed E-state index contributed by atoms with van der Waals surface area (Å²) in [4.78, 5) is 4.84. The SMILES string of the molecule is C#CCC1(NCCC2(c3ccccn3)CCOC3(CCCC3)C2)COc2ccccc2C1. The largest absolute Gasteiger partial charge is 0.491 e. The molecule has 3 heterocycles. The minimum atomic E-state index is -0.218. The zero-order chi connectivity index (χ0) is 21.9. The number of nitrogens with one attached hydrogen (secondary N) is 1. The Morgan fingerprint density at radius 1 is 1.06 bits per heavy atom. The Balaban J connectivity index is 1.35. The standard InChI is InChI=1S/C28H34N2O2/c1-2-12-27(20-23-9-3-4-10-24(23)31-22-27)30-18-15-26(25-11-5-8-17-29-25)16-19-32-28(21-26)13-6-7-14-28/h1,3-5,8-11,17,30H,6-7,12-16,18-22H2. The second-order valence-corrected chi connectivity index (χ2v) is 10.1. The summed E-state index contributed by atoms with van der Waals surface area (Å²) in [6, 6.07) is 14.7. The lowest BCUT2D eigenvalue weighted by molar-refractivity contribution is -0.104. The van der Waals surface area contributed by atoms with Gasteiger partial charge in [-0.25, -0.2) is 0 Å². The topological polar surface area (TPSA) is 43.4 Å². The van der Waals surface area contributed by atoms with Crippen LogP contribution in [0.2, 0.25) is 0 Å². The zero-order valence-corrected chi connectivity index (χ0v) is 18.9. The quantitative estimate of drug-likeness (QED) is 0.668. The van der Waals surface area contributed by atoms with E-state index in [0.717, 1.165) is 44.6 Å². The van der Waals surface area contributed by atoms with Crippen molar-refractivity contribution in [1.82, 2.24) is 10.3 Å². The summed E-state index contributed by atoms with van der Waals surface area (Å²) < 4.78 is 12.5. The van der Waals surface area contributed by atoms with E-state index in [1.54, 1.807) is 0 Å². The van der Waals surface area contributed by atoms with E-state index < -0.39 is 0 Å². The van der Waals surface area contributed by atoms with Crippen molar-refractivity contribution < 1.29 is 9.47 Å². The van der Waals surface area contributed by atoms with Crippen LogP contribution in [-0.2, 0) is 16.6 Å². The van der Waals surface area contributed by atoms with Gasteiger partial charge < -0.3 is 14.8 Å². The van der Waals surface area contributed by atoms with Crippen LogP contribution in [0.4, 0.5) is 0 Å². The first-order chi connectivity index (χ1) is 15.7. The second kappa shape index (κ2) is 8.89. The van der Waals surface area contributed by atoms with Crippen molar-refractivity contribution in [2.75, 3.05) is 19.8 Å². The van der Waals surface area contributed by atoms with Gasteiger partial charge in [-0.05, 0) is 68.8 Å². The third-order valence-corrected chi connectivity index (χ3v) is 7.92. The molecule has 2 fully saturated rings. The van der Waals surface area contributed by atoms with Crippen molar-refractivity contribution in [1.29, 1.82) is 0 Å². The molecule has 0 amide bonds. The van der Waals surface area contributed by atoms with Gasteiger partial charge in [0.05, 0.1) is 11.1 Å².